The van der Waals surface area contributed by atoms with E-state index in [0.717, 1.165) is 12.2 Å². The van der Waals surface area contributed by atoms with Gasteiger partial charge in [0.25, 0.3) is 0 Å². The number of para-hydroxylation sites is 1. The van der Waals surface area contributed by atoms with Gasteiger partial charge in [-0.25, -0.2) is 0 Å². The van der Waals surface area contributed by atoms with Crippen LogP contribution in [-0.2, 0) is 6.42 Å². The fourth-order valence-corrected chi connectivity index (χ4v) is 1.31. The van der Waals surface area contributed by atoms with Crippen LogP contribution < -0.4 is 10.5 Å². The molecule has 2 N–H and O–H groups in total. The SMILES string of the molecule is CCc1ccccc1OCC(N)CC#N. The van der Waals surface area contributed by atoms with Gasteiger partial charge in [0.05, 0.1) is 18.5 Å². The summed E-state index contributed by atoms with van der Waals surface area (Å²) in [5.74, 6) is 0.869. The Hall–Kier alpha value is -1.53. The van der Waals surface area contributed by atoms with Crippen LogP contribution >= 0.6 is 0 Å². The molecule has 1 atom stereocenters. The highest BCUT2D eigenvalue weighted by Crippen LogP contribution is 2.18. The third-order valence-electron chi connectivity index (χ3n) is 2.16. The van der Waals surface area contributed by atoms with E-state index >= 15 is 0 Å². The Bertz CT molecular complexity index is 344. The third kappa shape index (κ3) is 3.61. The molecule has 1 aromatic carbocycles. The summed E-state index contributed by atoms with van der Waals surface area (Å²) in [6.45, 7) is 2.47. The Morgan fingerprint density at radius 2 is 2.20 bits per heavy atom. The molecule has 1 rings (SSSR count). The van der Waals surface area contributed by atoms with Crippen LogP contribution in [0.15, 0.2) is 24.3 Å². The Kier molecular flexibility index (Phi) is 4.65. The van der Waals surface area contributed by atoms with E-state index in [1.165, 1.54) is 5.56 Å². The maximum Gasteiger partial charge on any atom is 0.122 e. The minimum atomic E-state index is -0.208. The topological polar surface area (TPSA) is 59.0 Å². The van der Waals surface area contributed by atoms with Gasteiger partial charge in [-0.2, -0.15) is 5.26 Å². The van der Waals surface area contributed by atoms with Gasteiger partial charge in [0.2, 0.25) is 0 Å². The molecule has 3 heteroatoms. The van der Waals surface area contributed by atoms with Crippen molar-refractivity contribution in [3.8, 4) is 11.8 Å². The van der Waals surface area contributed by atoms with E-state index in [-0.39, 0.29) is 6.04 Å². The number of ether oxygens (including phenoxy) is 1. The first-order valence-electron chi connectivity index (χ1n) is 5.11. The molecular weight excluding hydrogens is 188 g/mol. The smallest absolute Gasteiger partial charge is 0.122 e. The molecule has 15 heavy (non-hydrogen) atoms. The second kappa shape index (κ2) is 6.05. The van der Waals surface area contributed by atoms with Gasteiger partial charge in [-0.1, -0.05) is 25.1 Å². The van der Waals surface area contributed by atoms with Crippen LogP contribution in [0.25, 0.3) is 0 Å². The molecule has 80 valence electrons. The number of nitriles is 1. The van der Waals surface area contributed by atoms with Crippen molar-refractivity contribution in [2.75, 3.05) is 6.61 Å². The molecule has 0 aliphatic heterocycles. The van der Waals surface area contributed by atoms with Gasteiger partial charge in [0.15, 0.2) is 0 Å². The maximum absolute atomic E-state index is 8.45. The van der Waals surface area contributed by atoms with E-state index < -0.39 is 0 Å². The summed E-state index contributed by atoms with van der Waals surface area (Å²) in [5.41, 5.74) is 6.84. The van der Waals surface area contributed by atoms with E-state index in [1.54, 1.807) is 0 Å². The van der Waals surface area contributed by atoms with Crippen molar-refractivity contribution in [3.05, 3.63) is 29.8 Å². The van der Waals surface area contributed by atoms with Gasteiger partial charge in [-0.05, 0) is 18.1 Å². The Morgan fingerprint density at radius 3 is 2.87 bits per heavy atom. The number of hydrogen-bond acceptors (Lipinski definition) is 3. The van der Waals surface area contributed by atoms with Crippen molar-refractivity contribution in [1.29, 1.82) is 5.26 Å². The fourth-order valence-electron chi connectivity index (χ4n) is 1.31. The molecule has 3 nitrogen and oxygen atoms in total. The normalized spacial score (nSPS) is 11.8. The summed E-state index contributed by atoms with van der Waals surface area (Å²) < 4.78 is 5.57. The zero-order valence-corrected chi connectivity index (χ0v) is 8.94. The molecule has 1 unspecified atom stereocenters. The average molecular weight is 204 g/mol. The van der Waals surface area contributed by atoms with Crippen LogP contribution in [0.5, 0.6) is 5.75 Å². The zero-order valence-electron chi connectivity index (χ0n) is 8.94. The van der Waals surface area contributed by atoms with E-state index in [0.29, 0.717) is 13.0 Å². The van der Waals surface area contributed by atoms with E-state index in [4.69, 9.17) is 15.7 Å². The molecule has 0 amide bonds. The molecule has 0 spiro atoms. The predicted molar refractivity (Wildman–Crippen MR) is 59.5 cm³/mol. The summed E-state index contributed by atoms with van der Waals surface area (Å²) in [7, 11) is 0. The minimum absolute atomic E-state index is 0.208. The van der Waals surface area contributed by atoms with E-state index in [9.17, 15) is 0 Å². The molecular formula is C12H16N2O. The second-order valence-electron chi connectivity index (χ2n) is 3.39. The molecule has 0 aliphatic carbocycles. The monoisotopic (exact) mass is 204 g/mol. The number of rotatable bonds is 5. The Morgan fingerprint density at radius 1 is 1.47 bits per heavy atom. The first-order chi connectivity index (χ1) is 7.27. The first kappa shape index (κ1) is 11.5. The highest BCUT2D eigenvalue weighted by molar-refractivity contribution is 5.33. The molecule has 0 heterocycles. The van der Waals surface area contributed by atoms with Crippen molar-refractivity contribution in [2.45, 2.75) is 25.8 Å². The van der Waals surface area contributed by atoms with Crippen molar-refractivity contribution in [1.82, 2.24) is 0 Å². The summed E-state index contributed by atoms with van der Waals surface area (Å²) >= 11 is 0. The van der Waals surface area contributed by atoms with Gasteiger partial charge in [-0.15, -0.1) is 0 Å². The quantitative estimate of drug-likeness (QED) is 0.796. The zero-order chi connectivity index (χ0) is 11.1. The second-order valence-corrected chi connectivity index (χ2v) is 3.39. The average Bonchev–Trinajstić information content (AvgIpc) is 2.27. The lowest BCUT2D eigenvalue weighted by molar-refractivity contribution is 0.287. The molecule has 0 aromatic heterocycles. The van der Waals surface area contributed by atoms with Crippen molar-refractivity contribution < 1.29 is 4.74 Å². The van der Waals surface area contributed by atoms with Crippen LogP contribution in [-0.4, -0.2) is 12.6 Å². The molecule has 0 radical (unpaired) electrons. The summed E-state index contributed by atoms with van der Waals surface area (Å²) in [5, 5.41) is 8.45. The Balaban J connectivity index is 2.54. The molecule has 0 saturated carbocycles. The summed E-state index contributed by atoms with van der Waals surface area (Å²) in [4.78, 5) is 0. The fraction of sp³-hybridized carbons (Fsp3) is 0.417. The van der Waals surface area contributed by atoms with Gasteiger partial charge in [0, 0.05) is 0 Å². The highest BCUT2D eigenvalue weighted by Gasteiger charge is 2.05. The number of nitrogens with zero attached hydrogens (tertiary/aromatic N) is 1. The van der Waals surface area contributed by atoms with Gasteiger partial charge < -0.3 is 10.5 Å². The largest absolute Gasteiger partial charge is 0.492 e. The molecule has 1 aromatic rings. The minimum Gasteiger partial charge on any atom is -0.492 e. The lowest BCUT2D eigenvalue weighted by atomic mass is 10.1. The van der Waals surface area contributed by atoms with Gasteiger partial charge in [-0.3, -0.25) is 0 Å². The number of benzene rings is 1. The van der Waals surface area contributed by atoms with Crippen LogP contribution in [0.4, 0.5) is 0 Å². The van der Waals surface area contributed by atoms with Crippen molar-refractivity contribution >= 4 is 0 Å². The van der Waals surface area contributed by atoms with Gasteiger partial charge in [0.1, 0.15) is 12.4 Å². The van der Waals surface area contributed by atoms with E-state index in [2.05, 4.69) is 6.92 Å². The predicted octanol–water partition coefficient (Wildman–Crippen LogP) is 1.87. The molecule has 0 saturated heterocycles. The summed E-state index contributed by atoms with van der Waals surface area (Å²) in [6, 6.07) is 9.70. The molecule has 0 fully saturated rings. The lowest BCUT2D eigenvalue weighted by Crippen LogP contribution is -2.27. The van der Waals surface area contributed by atoms with Crippen molar-refractivity contribution in [2.24, 2.45) is 5.73 Å². The highest BCUT2D eigenvalue weighted by atomic mass is 16.5. The first-order valence-corrected chi connectivity index (χ1v) is 5.11. The maximum atomic E-state index is 8.45. The van der Waals surface area contributed by atoms with Gasteiger partial charge >= 0.3 is 0 Å². The van der Waals surface area contributed by atoms with E-state index in [1.807, 2.05) is 30.3 Å². The van der Waals surface area contributed by atoms with Crippen LogP contribution in [0, 0.1) is 11.3 Å². The number of aryl methyl sites for hydroxylation is 1. The number of hydrogen-bond donors (Lipinski definition) is 1. The Labute approximate surface area is 90.5 Å². The standard InChI is InChI=1S/C12H16N2O/c1-2-10-5-3-4-6-12(10)15-9-11(14)7-8-13/h3-6,11H,2,7,9,14H2,1H3. The van der Waals surface area contributed by atoms with Crippen LogP contribution in [0.3, 0.4) is 0 Å². The van der Waals surface area contributed by atoms with Crippen LogP contribution in [0.2, 0.25) is 0 Å². The number of nitrogens with two attached hydrogens (primary N) is 1. The summed E-state index contributed by atoms with van der Waals surface area (Å²) in [6.07, 6.45) is 1.26. The molecule has 0 aliphatic rings. The third-order valence-corrected chi connectivity index (χ3v) is 2.16. The van der Waals surface area contributed by atoms with Crippen molar-refractivity contribution in [3.63, 3.8) is 0 Å². The van der Waals surface area contributed by atoms with Crippen LogP contribution in [0.1, 0.15) is 18.9 Å². The molecule has 0 bridgehead atoms. The lowest BCUT2D eigenvalue weighted by Gasteiger charge is -2.12.